The number of rotatable bonds is 11. The lowest BCUT2D eigenvalue weighted by Crippen LogP contribution is -2.28. The van der Waals surface area contributed by atoms with Gasteiger partial charge < -0.3 is 20.5 Å². The van der Waals surface area contributed by atoms with Crippen LogP contribution in [0.1, 0.15) is 30.4 Å². The number of ether oxygens (including phenoxy) is 1. The van der Waals surface area contributed by atoms with Crippen molar-refractivity contribution in [3.63, 3.8) is 0 Å². The number of aliphatic carboxylic acids is 1. The molecule has 2 aromatic carbocycles. The Labute approximate surface area is 204 Å². The summed E-state index contributed by atoms with van der Waals surface area (Å²) < 4.78 is 31.7. The number of nitrogens with one attached hydrogen (secondary N) is 2. The van der Waals surface area contributed by atoms with E-state index in [2.05, 4.69) is 15.6 Å². The highest BCUT2D eigenvalue weighted by Gasteiger charge is 2.25. The molecule has 0 aliphatic rings. The fourth-order valence-corrected chi connectivity index (χ4v) is 5.03. The van der Waals surface area contributed by atoms with Crippen LogP contribution in [0.3, 0.4) is 0 Å². The molecular weight excluding hydrogens is 470 g/mol. The third-order valence-electron chi connectivity index (χ3n) is 5.11. The zero-order valence-electron chi connectivity index (χ0n) is 19.2. The number of hydrogen-bond acceptors (Lipinski definition) is 6. The Morgan fingerprint density at radius 2 is 1.86 bits per heavy atom. The second kappa shape index (κ2) is 12.0. The summed E-state index contributed by atoms with van der Waals surface area (Å²) in [6.45, 7) is 2.57. The molecule has 0 fully saturated rings. The number of carboxylic acids is 1. The van der Waals surface area contributed by atoms with Gasteiger partial charge in [0.2, 0.25) is 0 Å². The van der Waals surface area contributed by atoms with Crippen LogP contribution in [0, 0.1) is 0 Å². The maximum Gasteiger partial charge on any atom is 0.319 e. The maximum absolute atomic E-state index is 13.0. The summed E-state index contributed by atoms with van der Waals surface area (Å²) in [5, 5.41) is 14.6. The molecule has 9 nitrogen and oxygen atoms in total. The normalized spacial score (nSPS) is 11.9. The van der Waals surface area contributed by atoms with Gasteiger partial charge in [-0.15, -0.1) is 0 Å². The minimum Gasteiger partial charge on any atom is -0.489 e. The van der Waals surface area contributed by atoms with Gasteiger partial charge in [-0.2, -0.15) is 0 Å². The molecular formula is C25H27N3O6S. The molecule has 1 aromatic heterocycles. The van der Waals surface area contributed by atoms with Crippen molar-refractivity contribution in [3.05, 3.63) is 84.2 Å². The van der Waals surface area contributed by atoms with E-state index in [4.69, 9.17) is 4.74 Å². The van der Waals surface area contributed by atoms with Gasteiger partial charge in [0.1, 0.15) is 12.4 Å². The van der Waals surface area contributed by atoms with Crippen molar-refractivity contribution in [3.8, 4) is 5.75 Å². The SMILES string of the molecule is CCNC(=O)Nc1cccc(COc2ccc(S(=O)(=O)CC(CC(=O)O)c3cccnc3)cc2)c1. The van der Waals surface area contributed by atoms with E-state index in [1.165, 1.54) is 18.3 Å². The highest BCUT2D eigenvalue weighted by atomic mass is 32.2. The number of urea groups is 1. The van der Waals surface area contributed by atoms with Gasteiger partial charge in [0.15, 0.2) is 9.84 Å². The van der Waals surface area contributed by atoms with Crippen LogP contribution in [-0.2, 0) is 21.2 Å². The summed E-state index contributed by atoms with van der Waals surface area (Å²) in [5.41, 5.74) is 2.01. The summed E-state index contributed by atoms with van der Waals surface area (Å²) >= 11 is 0. The predicted octanol–water partition coefficient (Wildman–Crippen LogP) is 3.83. The van der Waals surface area contributed by atoms with Gasteiger partial charge in [0.05, 0.1) is 17.1 Å². The Hall–Kier alpha value is -3.92. The molecule has 1 atom stereocenters. The first-order valence-electron chi connectivity index (χ1n) is 11.0. The van der Waals surface area contributed by atoms with Crippen LogP contribution in [0.15, 0.2) is 78.0 Å². The molecule has 0 bridgehead atoms. The van der Waals surface area contributed by atoms with Gasteiger partial charge in [0.25, 0.3) is 0 Å². The average Bonchev–Trinajstić information content (AvgIpc) is 2.83. The number of nitrogens with zero attached hydrogens (tertiary/aromatic N) is 1. The smallest absolute Gasteiger partial charge is 0.319 e. The first-order valence-corrected chi connectivity index (χ1v) is 12.6. The summed E-state index contributed by atoms with van der Waals surface area (Å²) in [7, 11) is -3.75. The first kappa shape index (κ1) is 25.7. The van der Waals surface area contributed by atoms with Crippen molar-refractivity contribution in [2.45, 2.75) is 30.8 Å². The van der Waals surface area contributed by atoms with E-state index >= 15 is 0 Å². The number of anilines is 1. The van der Waals surface area contributed by atoms with Gasteiger partial charge in [-0.25, -0.2) is 13.2 Å². The maximum atomic E-state index is 13.0. The van der Waals surface area contributed by atoms with Crippen LogP contribution in [0.25, 0.3) is 0 Å². The molecule has 0 saturated heterocycles. The van der Waals surface area contributed by atoms with Gasteiger partial charge in [-0.3, -0.25) is 9.78 Å². The average molecular weight is 498 g/mol. The van der Waals surface area contributed by atoms with E-state index in [1.807, 2.05) is 13.0 Å². The molecule has 0 aliphatic heterocycles. The fourth-order valence-electron chi connectivity index (χ4n) is 3.45. The van der Waals surface area contributed by atoms with Crippen LogP contribution in [0.4, 0.5) is 10.5 Å². The second-order valence-corrected chi connectivity index (χ2v) is 9.84. The molecule has 2 amide bonds. The summed E-state index contributed by atoms with van der Waals surface area (Å²) in [6.07, 6.45) is 2.71. The van der Waals surface area contributed by atoms with Crippen molar-refractivity contribution in [1.29, 1.82) is 0 Å². The third kappa shape index (κ3) is 7.82. The Kier molecular flexibility index (Phi) is 8.80. The summed E-state index contributed by atoms with van der Waals surface area (Å²) in [4.78, 5) is 27.0. The van der Waals surface area contributed by atoms with Crippen LogP contribution in [0.5, 0.6) is 5.75 Å². The van der Waals surface area contributed by atoms with E-state index in [9.17, 15) is 23.1 Å². The molecule has 3 N–H and O–H groups in total. The minimum atomic E-state index is -3.75. The van der Waals surface area contributed by atoms with Crippen molar-refractivity contribution in [1.82, 2.24) is 10.3 Å². The topological polar surface area (TPSA) is 135 Å². The van der Waals surface area contributed by atoms with E-state index in [-0.39, 0.29) is 29.7 Å². The molecule has 35 heavy (non-hydrogen) atoms. The van der Waals surface area contributed by atoms with Gasteiger partial charge in [-0.1, -0.05) is 18.2 Å². The summed E-state index contributed by atoms with van der Waals surface area (Å²) in [6, 6.07) is 16.2. The Balaban J connectivity index is 1.65. The first-order chi connectivity index (χ1) is 16.8. The van der Waals surface area contributed by atoms with E-state index < -0.39 is 21.7 Å². The zero-order chi connectivity index (χ0) is 25.3. The number of carbonyl (C=O) groups excluding carboxylic acids is 1. The Morgan fingerprint density at radius 3 is 2.51 bits per heavy atom. The standard InChI is InChI=1S/C25H27N3O6S/c1-2-27-25(31)28-21-7-3-5-18(13-21)16-34-22-8-10-23(11-9-22)35(32,33)17-20(14-24(29)30)19-6-4-12-26-15-19/h3-13,15,20H,2,14,16-17H2,1H3,(H,29,30)(H2,27,28,31). The molecule has 10 heteroatoms. The fraction of sp³-hybridized carbons (Fsp3) is 0.240. The largest absolute Gasteiger partial charge is 0.489 e. The van der Waals surface area contributed by atoms with E-state index in [1.54, 1.807) is 48.7 Å². The molecule has 0 radical (unpaired) electrons. The number of amides is 2. The number of benzene rings is 2. The molecule has 0 aliphatic carbocycles. The van der Waals surface area contributed by atoms with Gasteiger partial charge in [0, 0.05) is 30.5 Å². The number of hydrogen-bond donors (Lipinski definition) is 3. The van der Waals surface area contributed by atoms with E-state index in [0.29, 0.717) is 23.5 Å². The van der Waals surface area contributed by atoms with Crippen LogP contribution in [-0.4, -0.2) is 42.8 Å². The molecule has 1 unspecified atom stereocenters. The summed E-state index contributed by atoms with van der Waals surface area (Å²) in [5.74, 6) is -1.68. The zero-order valence-corrected chi connectivity index (χ0v) is 20.0. The van der Waals surface area contributed by atoms with Gasteiger partial charge >= 0.3 is 12.0 Å². The van der Waals surface area contributed by atoms with Crippen molar-refractivity contribution in [2.75, 3.05) is 17.6 Å². The number of sulfone groups is 1. The number of carbonyl (C=O) groups is 2. The van der Waals surface area contributed by atoms with Crippen LogP contribution in [0.2, 0.25) is 0 Å². The van der Waals surface area contributed by atoms with Crippen molar-refractivity contribution >= 4 is 27.5 Å². The lowest BCUT2D eigenvalue weighted by atomic mass is 10.00. The second-order valence-electron chi connectivity index (χ2n) is 7.81. The van der Waals surface area contributed by atoms with Gasteiger partial charge in [-0.05, 0) is 60.5 Å². The van der Waals surface area contributed by atoms with Crippen LogP contribution < -0.4 is 15.4 Å². The highest BCUT2D eigenvalue weighted by Crippen LogP contribution is 2.26. The lowest BCUT2D eigenvalue weighted by molar-refractivity contribution is -0.137. The quantitative estimate of drug-likeness (QED) is 0.366. The predicted molar refractivity (Wildman–Crippen MR) is 131 cm³/mol. The number of aromatic nitrogens is 1. The molecule has 0 saturated carbocycles. The molecule has 3 rings (SSSR count). The number of pyridine rings is 1. The van der Waals surface area contributed by atoms with Crippen molar-refractivity contribution < 1.29 is 27.9 Å². The number of carboxylic acid groups (broad SMARTS) is 1. The Morgan fingerprint density at radius 1 is 1.09 bits per heavy atom. The van der Waals surface area contributed by atoms with Crippen molar-refractivity contribution in [2.24, 2.45) is 0 Å². The molecule has 0 spiro atoms. The third-order valence-corrected chi connectivity index (χ3v) is 6.94. The molecule has 3 aromatic rings. The minimum absolute atomic E-state index is 0.0808. The Bertz CT molecular complexity index is 1250. The lowest BCUT2D eigenvalue weighted by Gasteiger charge is -2.15. The molecule has 184 valence electrons. The van der Waals surface area contributed by atoms with Crippen LogP contribution >= 0.6 is 0 Å². The highest BCUT2D eigenvalue weighted by molar-refractivity contribution is 7.91. The monoisotopic (exact) mass is 497 g/mol. The van der Waals surface area contributed by atoms with E-state index in [0.717, 1.165) is 5.56 Å². The molecule has 1 heterocycles.